The van der Waals surface area contributed by atoms with E-state index in [4.69, 9.17) is 9.47 Å². The van der Waals surface area contributed by atoms with Gasteiger partial charge in [0, 0.05) is 26.7 Å². The SMILES string of the molecule is COCCn1nnc2cc(S(=O)(=O)N3CCCCC3C(=O)N3CCOCC3)ccc21. The smallest absolute Gasteiger partial charge is 0.243 e. The van der Waals surface area contributed by atoms with Gasteiger partial charge in [-0.1, -0.05) is 11.6 Å². The molecule has 0 saturated carbocycles. The second-order valence-corrected chi connectivity index (χ2v) is 9.41. The van der Waals surface area contributed by atoms with Crippen molar-refractivity contribution < 1.29 is 22.7 Å². The highest BCUT2D eigenvalue weighted by molar-refractivity contribution is 7.89. The Morgan fingerprint density at radius 2 is 2.03 bits per heavy atom. The fourth-order valence-corrected chi connectivity index (χ4v) is 5.70. The van der Waals surface area contributed by atoms with Crippen LogP contribution in [-0.2, 0) is 30.8 Å². The number of rotatable bonds is 6. The summed E-state index contributed by atoms with van der Waals surface area (Å²) < 4.78 is 40.4. The Bertz CT molecular complexity index is 1000. The minimum atomic E-state index is -3.84. The summed E-state index contributed by atoms with van der Waals surface area (Å²) in [5.41, 5.74) is 1.24. The Balaban J connectivity index is 1.61. The summed E-state index contributed by atoms with van der Waals surface area (Å²) in [6.45, 7) is 3.32. The third-order valence-corrected chi connectivity index (χ3v) is 7.56. The van der Waals surface area contributed by atoms with Crippen LogP contribution in [0.3, 0.4) is 0 Å². The molecule has 1 atom stereocenters. The Labute approximate surface area is 175 Å². The number of aromatic nitrogens is 3. The lowest BCUT2D eigenvalue weighted by molar-refractivity contribution is -0.140. The molecular formula is C19H27N5O5S. The highest BCUT2D eigenvalue weighted by atomic mass is 32.2. The van der Waals surface area contributed by atoms with Gasteiger partial charge in [0.2, 0.25) is 15.9 Å². The minimum absolute atomic E-state index is 0.131. The van der Waals surface area contributed by atoms with Crippen LogP contribution in [0.2, 0.25) is 0 Å². The van der Waals surface area contributed by atoms with Crippen LogP contribution in [0, 0.1) is 0 Å². The van der Waals surface area contributed by atoms with Crippen molar-refractivity contribution in [1.29, 1.82) is 0 Å². The zero-order valence-corrected chi connectivity index (χ0v) is 17.9. The molecule has 30 heavy (non-hydrogen) atoms. The van der Waals surface area contributed by atoms with Gasteiger partial charge in [-0.2, -0.15) is 4.31 Å². The standard InChI is InChI=1S/C19H27N5O5S/c1-28-11-10-23-17-6-5-15(14-16(17)20-21-23)30(26,27)24-7-3-2-4-18(24)19(25)22-8-12-29-13-9-22/h5-6,14,18H,2-4,7-13H2,1H3. The van der Waals surface area contributed by atoms with Crippen LogP contribution in [0.15, 0.2) is 23.1 Å². The van der Waals surface area contributed by atoms with Crippen molar-refractivity contribution in [2.75, 3.05) is 46.6 Å². The van der Waals surface area contributed by atoms with Crippen molar-refractivity contribution in [3.63, 3.8) is 0 Å². The quantitative estimate of drug-likeness (QED) is 0.647. The third-order valence-electron chi connectivity index (χ3n) is 5.66. The number of nitrogens with zero attached hydrogens (tertiary/aromatic N) is 5. The number of fused-ring (bicyclic) bond motifs is 1. The number of amides is 1. The number of hydrogen-bond donors (Lipinski definition) is 0. The first-order valence-electron chi connectivity index (χ1n) is 10.2. The zero-order chi connectivity index (χ0) is 21.1. The molecule has 11 heteroatoms. The van der Waals surface area contributed by atoms with Gasteiger partial charge in [0.15, 0.2) is 0 Å². The molecule has 0 N–H and O–H groups in total. The summed E-state index contributed by atoms with van der Waals surface area (Å²) in [5, 5.41) is 8.18. The van der Waals surface area contributed by atoms with Crippen molar-refractivity contribution >= 4 is 27.0 Å². The van der Waals surface area contributed by atoms with Crippen LogP contribution in [0.4, 0.5) is 0 Å². The minimum Gasteiger partial charge on any atom is -0.383 e. The van der Waals surface area contributed by atoms with Crippen LogP contribution >= 0.6 is 0 Å². The van der Waals surface area contributed by atoms with Gasteiger partial charge in [-0.15, -0.1) is 5.10 Å². The van der Waals surface area contributed by atoms with Gasteiger partial charge >= 0.3 is 0 Å². The summed E-state index contributed by atoms with van der Waals surface area (Å²) in [6, 6.07) is 4.14. The Morgan fingerprint density at radius 3 is 2.80 bits per heavy atom. The number of methoxy groups -OCH3 is 1. The molecule has 4 rings (SSSR count). The fraction of sp³-hybridized carbons (Fsp3) is 0.632. The van der Waals surface area contributed by atoms with Gasteiger partial charge in [-0.3, -0.25) is 4.79 Å². The van der Waals surface area contributed by atoms with E-state index in [1.807, 2.05) is 0 Å². The van der Waals surface area contributed by atoms with Crippen molar-refractivity contribution in [1.82, 2.24) is 24.2 Å². The van der Waals surface area contributed by atoms with Crippen LogP contribution in [0.25, 0.3) is 11.0 Å². The number of hydrogen-bond acceptors (Lipinski definition) is 7. The highest BCUT2D eigenvalue weighted by Gasteiger charge is 2.39. The van der Waals surface area contributed by atoms with Crippen molar-refractivity contribution in [2.45, 2.75) is 36.7 Å². The van der Waals surface area contributed by atoms with Gasteiger partial charge in [0.05, 0.1) is 36.8 Å². The number of morpholine rings is 1. The topological polar surface area (TPSA) is 107 Å². The van der Waals surface area contributed by atoms with E-state index in [0.717, 1.165) is 18.4 Å². The molecule has 0 spiro atoms. The van der Waals surface area contributed by atoms with E-state index in [2.05, 4.69) is 10.3 Å². The van der Waals surface area contributed by atoms with Crippen molar-refractivity contribution in [2.24, 2.45) is 0 Å². The first kappa shape index (κ1) is 21.2. The van der Waals surface area contributed by atoms with Crippen LogP contribution in [-0.4, -0.2) is 91.1 Å². The van der Waals surface area contributed by atoms with Gasteiger partial charge in [-0.05, 0) is 31.0 Å². The second-order valence-electron chi connectivity index (χ2n) is 7.52. The molecule has 2 saturated heterocycles. The fourth-order valence-electron chi connectivity index (χ4n) is 4.02. The molecule has 2 aliphatic heterocycles. The van der Waals surface area contributed by atoms with E-state index in [9.17, 15) is 13.2 Å². The Hall–Kier alpha value is -2.08. The average molecular weight is 438 g/mol. The summed E-state index contributed by atoms with van der Waals surface area (Å²) in [7, 11) is -2.23. The molecule has 2 fully saturated rings. The highest BCUT2D eigenvalue weighted by Crippen LogP contribution is 2.28. The number of carbonyl (C=O) groups excluding carboxylic acids is 1. The van der Waals surface area contributed by atoms with Crippen LogP contribution < -0.4 is 0 Å². The maximum absolute atomic E-state index is 13.5. The van der Waals surface area contributed by atoms with E-state index in [-0.39, 0.29) is 10.8 Å². The molecule has 1 amide bonds. The van der Waals surface area contributed by atoms with E-state index in [0.29, 0.717) is 57.9 Å². The Morgan fingerprint density at radius 1 is 1.23 bits per heavy atom. The van der Waals surface area contributed by atoms with Crippen molar-refractivity contribution in [3.05, 3.63) is 18.2 Å². The monoisotopic (exact) mass is 437 g/mol. The maximum atomic E-state index is 13.5. The van der Waals surface area contributed by atoms with Crippen LogP contribution in [0.1, 0.15) is 19.3 Å². The first-order chi connectivity index (χ1) is 14.5. The van der Waals surface area contributed by atoms with E-state index in [1.165, 1.54) is 10.4 Å². The number of sulfonamides is 1. The molecule has 0 aliphatic carbocycles. The average Bonchev–Trinajstić information content (AvgIpc) is 3.20. The summed E-state index contributed by atoms with van der Waals surface area (Å²) in [5.74, 6) is -0.131. The molecule has 164 valence electrons. The first-order valence-corrected chi connectivity index (χ1v) is 11.7. The molecule has 0 bridgehead atoms. The maximum Gasteiger partial charge on any atom is 0.243 e. The summed E-state index contributed by atoms with van der Waals surface area (Å²) in [4.78, 5) is 14.9. The van der Waals surface area contributed by atoms with E-state index >= 15 is 0 Å². The number of ether oxygens (including phenoxy) is 2. The largest absolute Gasteiger partial charge is 0.383 e. The van der Waals surface area contributed by atoms with Gasteiger partial charge < -0.3 is 14.4 Å². The normalized spacial score (nSPS) is 21.2. The van der Waals surface area contributed by atoms with Gasteiger partial charge in [0.1, 0.15) is 11.6 Å². The molecule has 3 heterocycles. The second kappa shape index (κ2) is 8.96. The van der Waals surface area contributed by atoms with Gasteiger partial charge in [-0.25, -0.2) is 13.1 Å². The lowest BCUT2D eigenvalue weighted by Crippen LogP contribution is -2.54. The van der Waals surface area contributed by atoms with Crippen LogP contribution in [0.5, 0.6) is 0 Å². The molecule has 1 aromatic heterocycles. The molecule has 1 unspecified atom stereocenters. The van der Waals surface area contributed by atoms with E-state index in [1.54, 1.807) is 28.8 Å². The van der Waals surface area contributed by atoms with Gasteiger partial charge in [0.25, 0.3) is 0 Å². The number of piperidine rings is 1. The summed E-state index contributed by atoms with van der Waals surface area (Å²) >= 11 is 0. The number of benzene rings is 1. The zero-order valence-electron chi connectivity index (χ0n) is 17.1. The Kier molecular flexibility index (Phi) is 6.32. The lowest BCUT2D eigenvalue weighted by Gasteiger charge is -2.37. The molecule has 1 aromatic carbocycles. The molecular weight excluding hydrogens is 410 g/mol. The molecule has 10 nitrogen and oxygen atoms in total. The van der Waals surface area contributed by atoms with Crippen molar-refractivity contribution in [3.8, 4) is 0 Å². The predicted octanol–water partition coefficient (Wildman–Crippen LogP) is 0.480. The number of carbonyl (C=O) groups is 1. The lowest BCUT2D eigenvalue weighted by atomic mass is 10.0. The summed E-state index contributed by atoms with van der Waals surface area (Å²) in [6.07, 6.45) is 2.10. The molecule has 0 radical (unpaired) electrons. The predicted molar refractivity (Wildman–Crippen MR) is 108 cm³/mol. The molecule has 2 aliphatic rings. The molecule has 2 aromatic rings. The van der Waals surface area contributed by atoms with E-state index < -0.39 is 16.1 Å². The third kappa shape index (κ3) is 4.07.